The lowest BCUT2D eigenvalue weighted by molar-refractivity contribution is -0.138. The van der Waals surface area contributed by atoms with Gasteiger partial charge in [0.2, 0.25) is 0 Å². The summed E-state index contributed by atoms with van der Waals surface area (Å²) in [5, 5.41) is 0.805. The average molecular weight is 327 g/mol. The van der Waals surface area contributed by atoms with Crippen molar-refractivity contribution in [2.75, 3.05) is 7.11 Å². The van der Waals surface area contributed by atoms with Gasteiger partial charge in [-0.05, 0) is 48.2 Å². The molecule has 0 saturated carbocycles. The average Bonchev–Trinajstić information content (AvgIpc) is 2.58. The number of hydrogen-bond donors (Lipinski definition) is 0. The van der Waals surface area contributed by atoms with E-state index in [4.69, 9.17) is 4.74 Å². The zero-order chi connectivity index (χ0) is 17.2. The molecule has 0 amide bonds. The fourth-order valence-electron chi connectivity index (χ4n) is 2.23. The lowest BCUT2D eigenvalue weighted by Crippen LogP contribution is -2.08. The van der Waals surface area contributed by atoms with Crippen molar-refractivity contribution in [3.8, 4) is 17.6 Å². The molecule has 3 rings (SSSR count). The van der Waals surface area contributed by atoms with Crippen LogP contribution >= 0.6 is 0 Å². The summed E-state index contributed by atoms with van der Waals surface area (Å²) in [5.41, 5.74) is -0.176. The highest BCUT2D eigenvalue weighted by molar-refractivity contribution is 5.85. The maximum Gasteiger partial charge on any atom is 0.419 e. The molecule has 0 aliphatic heterocycles. The Bertz CT molecular complexity index is 956. The normalized spacial score (nSPS) is 11.0. The molecular weight excluding hydrogens is 316 g/mol. The monoisotopic (exact) mass is 327 g/mol. The van der Waals surface area contributed by atoms with Crippen molar-refractivity contribution in [2.24, 2.45) is 0 Å². The van der Waals surface area contributed by atoms with Gasteiger partial charge in [0, 0.05) is 11.6 Å². The number of fused-ring (bicyclic) bond motifs is 1. The summed E-state index contributed by atoms with van der Waals surface area (Å²) in [6.07, 6.45) is -3.22. The third kappa shape index (κ3) is 3.15. The van der Waals surface area contributed by atoms with Crippen molar-refractivity contribution in [3.05, 3.63) is 65.6 Å². The van der Waals surface area contributed by atoms with Crippen molar-refractivity contribution < 1.29 is 17.9 Å². The van der Waals surface area contributed by atoms with Gasteiger partial charge < -0.3 is 4.74 Å². The summed E-state index contributed by atoms with van der Waals surface area (Å²) < 4.78 is 44.0. The molecule has 0 spiro atoms. The minimum atomic E-state index is -4.50. The number of rotatable bonds is 1. The highest BCUT2D eigenvalue weighted by Crippen LogP contribution is 2.30. The van der Waals surface area contributed by atoms with Crippen LogP contribution in [0.5, 0.6) is 5.75 Å². The van der Waals surface area contributed by atoms with E-state index in [1.54, 1.807) is 37.4 Å². The molecule has 2 aromatic heterocycles. The summed E-state index contributed by atoms with van der Waals surface area (Å²) in [6, 6.07) is 11.0. The van der Waals surface area contributed by atoms with Gasteiger partial charge >= 0.3 is 6.18 Å². The van der Waals surface area contributed by atoms with Crippen LogP contribution in [-0.2, 0) is 6.18 Å². The Balaban J connectivity index is 2.02. The van der Waals surface area contributed by atoms with E-state index in [1.807, 2.05) is 0 Å². The van der Waals surface area contributed by atoms with E-state index >= 15 is 0 Å². The van der Waals surface area contributed by atoms with Crippen LogP contribution in [0, 0.1) is 11.8 Å². The highest BCUT2D eigenvalue weighted by atomic mass is 19.4. The first-order chi connectivity index (χ1) is 11.5. The molecule has 120 valence electrons. The number of halogens is 3. The van der Waals surface area contributed by atoms with Crippen LogP contribution in [0.1, 0.15) is 17.0 Å². The van der Waals surface area contributed by atoms with Crippen LogP contribution in [0.15, 0.2) is 48.7 Å². The van der Waals surface area contributed by atoms with Crippen molar-refractivity contribution >= 4 is 10.9 Å². The van der Waals surface area contributed by atoms with Gasteiger partial charge in [0.05, 0.1) is 18.2 Å². The molecule has 0 N–H and O–H groups in total. The Hall–Kier alpha value is -3.07. The quantitative estimate of drug-likeness (QED) is 0.632. The molecule has 0 aliphatic carbocycles. The van der Waals surface area contributed by atoms with Crippen LogP contribution in [0.4, 0.5) is 13.2 Å². The number of hydrogen-bond acceptors (Lipinski definition) is 3. The van der Waals surface area contributed by atoms with Gasteiger partial charge in [0.25, 0.3) is 0 Å². The standard InChI is InChI=1S/C18H11F3N2O/c1-24-17-6-2-5-15-13(17)9-7-12(23-15)8-10-16-14(18(19,20)21)4-3-11-22-16/h2-7,9,11H,1H3/i1-1. The number of benzene rings is 1. The van der Waals surface area contributed by atoms with Crippen LogP contribution < -0.4 is 4.74 Å². The highest BCUT2D eigenvalue weighted by Gasteiger charge is 2.33. The van der Waals surface area contributed by atoms with E-state index in [1.165, 1.54) is 12.3 Å². The zero-order valence-corrected chi connectivity index (χ0v) is 12.6. The van der Waals surface area contributed by atoms with E-state index in [2.05, 4.69) is 21.8 Å². The molecule has 0 saturated heterocycles. The van der Waals surface area contributed by atoms with E-state index < -0.39 is 11.7 Å². The molecule has 0 radical (unpaired) electrons. The van der Waals surface area contributed by atoms with E-state index in [0.29, 0.717) is 17.0 Å². The molecule has 24 heavy (non-hydrogen) atoms. The summed E-state index contributed by atoms with van der Waals surface area (Å²) >= 11 is 0. The van der Waals surface area contributed by atoms with Gasteiger partial charge in [-0.3, -0.25) is 0 Å². The second-order valence-corrected chi connectivity index (χ2v) is 4.87. The lowest BCUT2D eigenvalue weighted by atomic mass is 10.1. The van der Waals surface area contributed by atoms with E-state index in [9.17, 15) is 13.2 Å². The van der Waals surface area contributed by atoms with Crippen LogP contribution in [0.2, 0.25) is 0 Å². The zero-order valence-electron chi connectivity index (χ0n) is 12.6. The topological polar surface area (TPSA) is 35.0 Å². The Morgan fingerprint density at radius 2 is 1.83 bits per heavy atom. The molecule has 3 aromatic rings. The number of pyridine rings is 2. The summed E-state index contributed by atoms with van der Waals surface area (Å²) in [6.45, 7) is 0. The number of aromatic nitrogens is 2. The van der Waals surface area contributed by atoms with Crippen molar-refractivity contribution in [1.29, 1.82) is 0 Å². The molecule has 0 atom stereocenters. The Morgan fingerprint density at radius 1 is 1.00 bits per heavy atom. The van der Waals surface area contributed by atoms with Crippen molar-refractivity contribution in [3.63, 3.8) is 0 Å². The summed E-state index contributed by atoms with van der Waals surface area (Å²) in [4.78, 5) is 8.04. The third-order valence-corrected chi connectivity index (χ3v) is 3.33. The summed E-state index contributed by atoms with van der Waals surface area (Å²) in [7, 11) is 1.56. The fraction of sp³-hybridized carbons (Fsp3) is 0.111. The van der Waals surface area contributed by atoms with Crippen molar-refractivity contribution in [2.45, 2.75) is 6.18 Å². The second-order valence-electron chi connectivity index (χ2n) is 4.87. The molecule has 6 heteroatoms. The predicted octanol–water partition coefficient (Wildman–Crippen LogP) is 4.06. The van der Waals surface area contributed by atoms with E-state index in [0.717, 1.165) is 11.5 Å². The molecular formula is C18H11F3N2O. The first-order valence-corrected chi connectivity index (χ1v) is 6.97. The predicted molar refractivity (Wildman–Crippen MR) is 83.5 cm³/mol. The van der Waals surface area contributed by atoms with E-state index in [-0.39, 0.29) is 5.69 Å². The lowest BCUT2D eigenvalue weighted by Gasteiger charge is -2.07. The van der Waals surface area contributed by atoms with Gasteiger partial charge in [0.1, 0.15) is 17.1 Å². The Labute approximate surface area is 136 Å². The van der Waals surface area contributed by atoms with Crippen molar-refractivity contribution in [1.82, 2.24) is 9.97 Å². The largest absolute Gasteiger partial charge is 0.496 e. The Kier molecular flexibility index (Phi) is 4.09. The molecule has 3 nitrogen and oxygen atoms in total. The maximum absolute atomic E-state index is 12.9. The number of ether oxygens (including phenoxy) is 1. The summed E-state index contributed by atoms with van der Waals surface area (Å²) in [5.74, 6) is 5.76. The molecule has 0 fully saturated rings. The van der Waals surface area contributed by atoms with Gasteiger partial charge in [-0.2, -0.15) is 13.2 Å². The van der Waals surface area contributed by atoms with Gasteiger partial charge in [-0.1, -0.05) is 6.07 Å². The Morgan fingerprint density at radius 3 is 2.58 bits per heavy atom. The smallest absolute Gasteiger partial charge is 0.419 e. The maximum atomic E-state index is 12.9. The fourth-order valence-corrected chi connectivity index (χ4v) is 2.23. The first kappa shape index (κ1) is 15.8. The second kappa shape index (κ2) is 6.20. The van der Waals surface area contributed by atoms with Gasteiger partial charge in [0.15, 0.2) is 0 Å². The molecule has 0 bridgehead atoms. The first-order valence-electron chi connectivity index (χ1n) is 6.97. The molecule has 0 aliphatic rings. The SMILES string of the molecule is [11CH3]Oc1cccc2nc(C#Cc3ncccc3C(F)(F)F)ccc12. The molecule has 2 heterocycles. The van der Waals surface area contributed by atoms with Gasteiger partial charge in [-0.25, -0.2) is 9.97 Å². The van der Waals surface area contributed by atoms with Crippen LogP contribution in [0.3, 0.4) is 0 Å². The molecule has 0 unspecified atom stereocenters. The number of methoxy groups -OCH3 is 1. The van der Waals surface area contributed by atoms with Crippen LogP contribution in [0.25, 0.3) is 10.9 Å². The third-order valence-electron chi connectivity index (χ3n) is 3.33. The number of nitrogens with zero attached hydrogens (tertiary/aromatic N) is 2. The van der Waals surface area contributed by atoms with Gasteiger partial charge in [-0.15, -0.1) is 0 Å². The van der Waals surface area contributed by atoms with Crippen LogP contribution in [-0.4, -0.2) is 17.1 Å². The number of alkyl halides is 3. The minimum absolute atomic E-state index is 0.322. The minimum Gasteiger partial charge on any atom is -0.496 e. The molecule has 1 aromatic carbocycles.